The van der Waals surface area contributed by atoms with Crippen molar-refractivity contribution in [2.45, 2.75) is 0 Å². The van der Waals surface area contributed by atoms with Gasteiger partial charge in [0.1, 0.15) is 11.2 Å². The van der Waals surface area contributed by atoms with Crippen molar-refractivity contribution in [2.24, 2.45) is 0 Å². The van der Waals surface area contributed by atoms with E-state index < -0.39 is 14.2 Å². The Hall–Kier alpha value is -5.57. The van der Waals surface area contributed by atoms with Gasteiger partial charge in [0.05, 0.1) is 11.4 Å². The zero-order valence-corrected chi connectivity index (χ0v) is 25.1. The molecule has 0 unspecified atom stereocenters. The third-order valence-electron chi connectivity index (χ3n) is 8.14. The average Bonchev–Trinajstić information content (AvgIpc) is 3.51. The molecule has 0 fully saturated rings. The van der Waals surface area contributed by atoms with Crippen molar-refractivity contribution in [3.8, 4) is 33.6 Å². The van der Waals surface area contributed by atoms with E-state index in [9.17, 15) is 10.0 Å². The van der Waals surface area contributed by atoms with Gasteiger partial charge in [0, 0.05) is 21.9 Å². The minimum absolute atomic E-state index is 0.451. The van der Waals surface area contributed by atoms with Gasteiger partial charge >= 0.3 is 14.2 Å². The normalized spacial score (nSPS) is 11.0. The van der Waals surface area contributed by atoms with Crippen LogP contribution in [0.3, 0.4) is 0 Å². The first-order chi connectivity index (χ1) is 22.9. The highest BCUT2D eigenvalue weighted by molar-refractivity contribution is 6.59. The van der Waals surface area contributed by atoms with Crippen LogP contribution in [0, 0.1) is 0 Å². The molecule has 2 heterocycles. The van der Waals surface area contributed by atoms with Gasteiger partial charge in [-0.15, -0.1) is 10.2 Å². The predicted molar refractivity (Wildman–Crippen MR) is 189 cm³/mol. The molecule has 0 aliphatic rings. The summed E-state index contributed by atoms with van der Waals surface area (Å²) >= 11 is 0. The summed E-state index contributed by atoms with van der Waals surface area (Å²) in [5.41, 5.74) is 8.16. The molecule has 9 heteroatoms. The average molecular weight is 614 g/mol. The minimum Gasteiger partial charge on any atom is -0.456 e. The highest BCUT2D eigenvalue weighted by Gasteiger charge is 2.14. The Bertz CT molecular complexity index is 2290. The van der Waals surface area contributed by atoms with Crippen molar-refractivity contribution in [1.29, 1.82) is 0 Å². The number of hydrogen-bond acceptors (Lipinski definition) is 7. The lowest BCUT2D eigenvalue weighted by Crippen LogP contribution is -2.29. The molecule has 0 saturated heterocycles. The summed E-state index contributed by atoms with van der Waals surface area (Å²) in [6.45, 7) is 0. The topological polar surface area (TPSA) is 120 Å². The van der Waals surface area contributed by atoms with Crippen molar-refractivity contribution in [2.75, 3.05) is 0 Å². The van der Waals surface area contributed by atoms with Gasteiger partial charge in [0.15, 0.2) is 0 Å². The molecule has 47 heavy (non-hydrogen) atoms. The number of hydrogen-bond donors (Lipinski definition) is 4. The van der Waals surface area contributed by atoms with E-state index in [0.717, 1.165) is 55.6 Å². The van der Waals surface area contributed by atoms with Gasteiger partial charge in [0.2, 0.25) is 0 Å². The van der Waals surface area contributed by atoms with Crippen LogP contribution in [0.5, 0.6) is 0 Å². The van der Waals surface area contributed by atoms with E-state index in [0.29, 0.717) is 10.9 Å². The predicted octanol–water partition coefficient (Wildman–Crippen LogP) is 5.58. The lowest BCUT2D eigenvalue weighted by molar-refractivity contribution is 0.424. The van der Waals surface area contributed by atoms with Gasteiger partial charge in [0.25, 0.3) is 0 Å². The second kappa shape index (κ2) is 13.0. The summed E-state index contributed by atoms with van der Waals surface area (Å²) in [5.74, 6) is 0. The molecule has 4 N–H and O–H groups in total. The van der Waals surface area contributed by atoms with Crippen LogP contribution in [0.15, 0.2) is 150 Å². The third kappa shape index (κ3) is 6.29. The van der Waals surface area contributed by atoms with Gasteiger partial charge in [-0.25, -0.2) is 0 Å². The Labute approximate surface area is 271 Å². The Balaban J connectivity index is 0.000000153. The number of aromatic nitrogens is 2. The molecule has 0 atom stereocenters. The maximum absolute atomic E-state index is 9.23. The molecule has 8 aromatic rings. The standard InChI is InChI=1S/C22H15BO3.C16H13BN2O2/c24-23(25)17-9-5-14(6-10-17)16-7-11-19-21(13-16)26-20-12-8-15-3-1-2-4-18(15)22(19)20;20-17(21)14-8-6-13(7-9-14)16-11-10-15(18-19-16)12-4-2-1-3-5-12/h1-13,24-25H;1-11,20-21H. The van der Waals surface area contributed by atoms with Crippen LogP contribution in [0.1, 0.15) is 0 Å². The summed E-state index contributed by atoms with van der Waals surface area (Å²) in [4.78, 5) is 0. The van der Waals surface area contributed by atoms with E-state index in [1.165, 1.54) is 10.8 Å². The van der Waals surface area contributed by atoms with Gasteiger partial charge < -0.3 is 24.5 Å². The summed E-state index contributed by atoms with van der Waals surface area (Å²) in [6, 6.07) is 46.4. The quantitative estimate of drug-likeness (QED) is 0.187. The van der Waals surface area contributed by atoms with Crippen molar-refractivity contribution in [3.05, 3.63) is 146 Å². The molecule has 2 aromatic heterocycles. The van der Waals surface area contributed by atoms with Crippen molar-refractivity contribution in [3.63, 3.8) is 0 Å². The van der Waals surface area contributed by atoms with Crippen LogP contribution in [0.2, 0.25) is 0 Å². The van der Waals surface area contributed by atoms with E-state index in [1.54, 1.807) is 36.4 Å². The van der Waals surface area contributed by atoms with E-state index in [2.05, 4.69) is 40.5 Å². The number of rotatable bonds is 5. The Morgan fingerprint density at radius 3 is 1.60 bits per heavy atom. The van der Waals surface area contributed by atoms with Crippen LogP contribution in [-0.2, 0) is 0 Å². The van der Waals surface area contributed by atoms with Crippen LogP contribution in [-0.4, -0.2) is 44.5 Å². The fraction of sp³-hybridized carbons (Fsp3) is 0. The lowest BCUT2D eigenvalue weighted by Gasteiger charge is -2.04. The second-order valence-corrected chi connectivity index (χ2v) is 11.1. The minimum atomic E-state index is -1.45. The molecular weight excluding hydrogens is 586 g/mol. The maximum atomic E-state index is 9.23. The molecule has 0 amide bonds. The number of fused-ring (bicyclic) bond motifs is 5. The number of nitrogens with zero attached hydrogens (tertiary/aromatic N) is 2. The molecular formula is C38H28B2N2O5. The first-order valence-corrected chi connectivity index (χ1v) is 15.1. The summed E-state index contributed by atoms with van der Waals surface area (Å²) < 4.78 is 6.10. The SMILES string of the molecule is OB(O)c1ccc(-c2ccc(-c3ccccc3)nn2)cc1.OB(O)c1ccc(-c2ccc3c(c2)oc2ccc4ccccc4c23)cc1. The van der Waals surface area contributed by atoms with Gasteiger partial charge in [-0.05, 0) is 63.2 Å². The van der Waals surface area contributed by atoms with E-state index in [1.807, 2.05) is 78.9 Å². The molecule has 0 bridgehead atoms. The largest absolute Gasteiger partial charge is 0.488 e. The third-order valence-corrected chi connectivity index (χ3v) is 8.14. The van der Waals surface area contributed by atoms with E-state index >= 15 is 0 Å². The Morgan fingerprint density at radius 2 is 0.979 bits per heavy atom. The smallest absolute Gasteiger partial charge is 0.456 e. The lowest BCUT2D eigenvalue weighted by atomic mass is 9.80. The highest BCUT2D eigenvalue weighted by atomic mass is 16.4. The fourth-order valence-corrected chi connectivity index (χ4v) is 5.65. The maximum Gasteiger partial charge on any atom is 0.488 e. The number of furan rings is 1. The molecule has 6 aromatic carbocycles. The molecule has 226 valence electrons. The van der Waals surface area contributed by atoms with Crippen LogP contribution >= 0.6 is 0 Å². The van der Waals surface area contributed by atoms with Gasteiger partial charge in [-0.3, -0.25) is 0 Å². The molecule has 0 aliphatic heterocycles. The van der Waals surface area contributed by atoms with Crippen LogP contribution in [0.25, 0.3) is 66.4 Å². The Morgan fingerprint density at radius 1 is 0.426 bits per heavy atom. The van der Waals surface area contributed by atoms with Crippen molar-refractivity contribution >= 4 is 57.9 Å². The first-order valence-electron chi connectivity index (χ1n) is 15.1. The van der Waals surface area contributed by atoms with Crippen LogP contribution in [0.4, 0.5) is 0 Å². The highest BCUT2D eigenvalue weighted by Crippen LogP contribution is 2.36. The monoisotopic (exact) mass is 614 g/mol. The molecule has 8 rings (SSSR count). The summed E-state index contributed by atoms with van der Waals surface area (Å²) in [7, 11) is -2.90. The van der Waals surface area contributed by atoms with E-state index in [-0.39, 0.29) is 0 Å². The molecule has 0 saturated carbocycles. The van der Waals surface area contributed by atoms with Gasteiger partial charge in [-0.1, -0.05) is 115 Å². The van der Waals surface area contributed by atoms with Crippen LogP contribution < -0.4 is 10.9 Å². The molecule has 0 aliphatic carbocycles. The Kier molecular flexibility index (Phi) is 8.35. The number of benzene rings is 6. The summed E-state index contributed by atoms with van der Waals surface area (Å²) in [5, 5.41) is 49.7. The van der Waals surface area contributed by atoms with Crippen molar-refractivity contribution in [1.82, 2.24) is 10.2 Å². The summed E-state index contributed by atoms with van der Waals surface area (Å²) in [6.07, 6.45) is 0. The van der Waals surface area contributed by atoms with Crippen molar-refractivity contribution < 1.29 is 24.5 Å². The molecule has 0 radical (unpaired) electrons. The van der Waals surface area contributed by atoms with Gasteiger partial charge in [-0.2, -0.15) is 0 Å². The molecule has 7 nitrogen and oxygen atoms in total. The molecule has 0 spiro atoms. The first kappa shape index (κ1) is 30.1. The fourth-order valence-electron chi connectivity index (χ4n) is 5.65. The zero-order valence-electron chi connectivity index (χ0n) is 25.1. The zero-order chi connectivity index (χ0) is 32.3. The van der Waals surface area contributed by atoms with E-state index in [4.69, 9.17) is 14.5 Å². The second-order valence-electron chi connectivity index (χ2n) is 11.1.